The third-order valence-corrected chi connectivity index (χ3v) is 5.30. The van der Waals surface area contributed by atoms with Crippen LogP contribution in [-0.2, 0) is 12.4 Å². The van der Waals surface area contributed by atoms with Gasteiger partial charge < -0.3 is 10.6 Å². The largest absolute Gasteiger partial charge is 0.416 e. The Bertz CT molecular complexity index is 1360. The van der Waals surface area contributed by atoms with Crippen molar-refractivity contribution >= 4 is 23.1 Å². The van der Waals surface area contributed by atoms with Crippen LogP contribution in [0.25, 0.3) is 11.5 Å². The SMILES string of the molecule is CNC(=O)c1ccc(C2=c3ccccc3=C(Nc3cc(C(F)(F)F)cc(C(F)(F)F)c3)NN2)cc1. The minimum atomic E-state index is -4.96. The van der Waals surface area contributed by atoms with Gasteiger partial charge in [-0.2, -0.15) is 26.3 Å². The van der Waals surface area contributed by atoms with E-state index in [-0.39, 0.29) is 23.5 Å². The number of hydrogen-bond acceptors (Lipinski definition) is 4. The van der Waals surface area contributed by atoms with Crippen molar-refractivity contribution in [2.75, 3.05) is 12.4 Å². The molecule has 0 atom stereocenters. The molecule has 1 aliphatic heterocycles. The van der Waals surface area contributed by atoms with Crippen molar-refractivity contribution in [3.8, 4) is 0 Å². The van der Waals surface area contributed by atoms with Crippen LogP contribution in [0.2, 0.25) is 0 Å². The molecule has 182 valence electrons. The van der Waals surface area contributed by atoms with Gasteiger partial charge in [0.2, 0.25) is 0 Å². The van der Waals surface area contributed by atoms with Gasteiger partial charge in [0.05, 0.1) is 16.8 Å². The lowest BCUT2D eigenvalue weighted by molar-refractivity contribution is -0.143. The summed E-state index contributed by atoms with van der Waals surface area (Å²) in [5.41, 5.74) is 4.29. The highest BCUT2D eigenvalue weighted by molar-refractivity contribution is 5.94. The average molecular weight is 492 g/mol. The molecule has 0 unspecified atom stereocenters. The number of rotatable bonds is 4. The lowest BCUT2D eigenvalue weighted by Gasteiger charge is -2.23. The molecule has 0 aliphatic carbocycles. The third-order valence-electron chi connectivity index (χ3n) is 5.30. The predicted octanol–water partition coefficient (Wildman–Crippen LogP) is 3.53. The summed E-state index contributed by atoms with van der Waals surface area (Å²) in [7, 11) is 1.51. The second-order valence-corrected chi connectivity index (χ2v) is 7.62. The summed E-state index contributed by atoms with van der Waals surface area (Å²) in [6.07, 6.45) is -9.92. The van der Waals surface area contributed by atoms with E-state index in [9.17, 15) is 31.1 Å². The Morgan fingerprint density at radius 3 is 1.89 bits per heavy atom. The number of hydrazine groups is 1. The standard InChI is InChI=1S/C24H18F6N4O/c1-31-22(35)14-8-6-13(7-9-14)20-18-4-2-3-5-19(18)21(34-33-20)32-17-11-15(23(25,26)27)10-16(12-17)24(28,29)30/h2-12,32-34H,1H3,(H,31,35). The molecule has 4 N–H and O–H groups in total. The van der Waals surface area contributed by atoms with E-state index in [0.717, 1.165) is 0 Å². The second-order valence-electron chi connectivity index (χ2n) is 7.62. The van der Waals surface area contributed by atoms with E-state index in [0.29, 0.717) is 39.4 Å². The van der Waals surface area contributed by atoms with Crippen LogP contribution in [-0.4, -0.2) is 13.0 Å². The molecule has 3 aromatic rings. The number of carbonyl (C=O) groups is 1. The number of benzene rings is 3. The Hall–Kier alpha value is -4.15. The Labute approximate surface area is 195 Å². The fourth-order valence-electron chi connectivity index (χ4n) is 3.61. The molecule has 4 rings (SSSR count). The molecular formula is C24H18F6N4O. The van der Waals surface area contributed by atoms with Crippen molar-refractivity contribution < 1.29 is 31.1 Å². The maximum absolute atomic E-state index is 13.2. The number of amides is 1. The first-order valence-corrected chi connectivity index (χ1v) is 10.2. The molecule has 0 aromatic heterocycles. The number of carbonyl (C=O) groups excluding carboxylic acids is 1. The molecule has 1 heterocycles. The highest BCUT2D eigenvalue weighted by atomic mass is 19.4. The Morgan fingerprint density at radius 1 is 0.771 bits per heavy atom. The molecule has 0 spiro atoms. The average Bonchev–Trinajstić information content (AvgIpc) is 2.82. The molecule has 11 heteroatoms. The van der Waals surface area contributed by atoms with Gasteiger partial charge in [-0.15, -0.1) is 0 Å². The normalized spacial score (nSPS) is 13.5. The van der Waals surface area contributed by atoms with Crippen LogP contribution in [0.3, 0.4) is 0 Å². The van der Waals surface area contributed by atoms with Gasteiger partial charge in [0, 0.05) is 34.3 Å². The Morgan fingerprint density at radius 2 is 1.34 bits per heavy atom. The van der Waals surface area contributed by atoms with Gasteiger partial charge in [-0.3, -0.25) is 15.6 Å². The van der Waals surface area contributed by atoms with E-state index in [2.05, 4.69) is 21.5 Å². The van der Waals surface area contributed by atoms with E-state index in [1.54, 1.807) is 48.5 Å². The fraction of sp³-hybridized carbons (Fsp3) is 0.125. The first-order valence-electron chi connectivity index (χ1n) is 10.2. The van der Waals surface area contributed by atoms with Crippen molar-refractivity contribution in [1.29, 1.82) is 0 Å². The number of halogens is 6. The van der Waals surface area contributed by atoms with Gasteiger partial charge in [-0.05, 0) is 30.3 Å². The van der Waals surface area contributed by atoms with E-state index >= 15 is 0 Å². The smallest absolute Gasteiger partial charge is 0.355 e. The summed E-state index contributed by atoms with van der Waals surface area (Å²) in [5, 5.41) is 6.33. The summed E-state index contributed by atoms with van der Waals surface area (Å²) >= 11 is 0. The molecule has 1 aliphatic rings. The van der Waals surface area contributed by atoms with Crippen LogP contribution in [0.15, 0.2) is 66.7 Å². The van der Waals surface area contributed by atoms with Crippen LogP contribution in [0.5, 0.6) is 0 Å². The van der Waals surface area contributed by atoms with Gasteiger partial charge in [0.25, 0.3) is 5.91 Å². The molecule has 0 bridgehead atoms. The van der Waals surface area contributed by atoms with Crippen LogP contribution in [0.4, 0.5) is 32.0 Å². The predicted molar refractivity (Wildman–Crippen MR) is 118 cm³/mol. The first kappa shape index (κ1) is 24.0. The maximum atomic E-state index is 13.2. The molecule has 1 amide bonds. The summed E-state index contributed by atoms with van der Waals surface area (Å²) in [5.74, 6) is -0.0883. The monoisotopic (exact) mass is 492 g/mol. The van der Waals surface area contributed by atoms with Crippen molar-refractivity contribution in [2.24, 2.45) is 0 Å². The van der Waals surface area contributed by atoms with Crippen LogP contribution >= 0.6 is 0 Å². The van der Waals surface area contributed by atoms with E-state index in [1.165, 1.54) is 7.05 Å². The lowest BCUT2D eigenvalue weighted by atomic mass is 10.0. The Kier molecular flexibility index (Phi) is 6.10. The van der Waals surface area contributed by atoms with Crippen molar-refractivity contribution in [3.63, 3.8) is 0 Å². The van der Waals surface area contributed by atoms with Gasteiger partial charge in [0.15, 0.2) is 0 Å². The van der Waals surface area contributed by atoms with Crippen LogP contribution < -0.4 is 31.9 Å². The topological polar surface area (TPSA) is 65.2 Å². The number of fused-ring (bicyclic) bond motifs is 1. The molecule has 0 saturated carbocycles. The molecule has 5 nitrogen and oxygen atoms in total. The Balaban J connectivity index is 1.82. The summed E-state index contributed by atoms with van der Waals surface area (Å²) in [4.78, 5) is 11.8. The molecule has 35 heavy (non-hydrogen) atoms. The number of hydrogen-bond donors (Lipinski definition) is 4. The summed E-state index contributed by atoms with van der Waals surface area (Å²) in [6.45, 7) is 0. The first-order chi connectivity index (χ1) is 16.5. The quantitative estimate of drug-likeness (QED) is 0.421. The van der Waals surface area contributed by atoms with E-state index in [1.807, 2.05) is 0 Å². The number of anilines is 1. The number of alkyl halides is 6. The van der Waals surface area contributed by atoms with Crippen molar-refractivity contribution in [2.45, 2.75) is 12.4 Å². The zero-order chi connectivity index (χ0) is 25.4. The highest BCUT2D eigenvalue weighted by Gasteiger charge is 2.37. The van der Waals surface area contributed by atoms with Crippen LogP contribution in [0, 0.1) is 0 Å². The zero-order valence-corrected chi connectivity index (χ0v) is 18.0. The third kappa shape index (κ3) is 5.03. The van der Waals surface area contributed by atoms with Gasteiger partial charge >= 0.3 is 12.4 Å². The molecule has 0 saturated heterocycles. The summed E-state index contributed by atoms with van der Waals surface area (Å²) < 4.78 is 79.4. The van der Waals surface area contributed by atoms with Crippen LogP contribution in [0.1, 0.15) is 27.0 Å². The van der Waals surface area contributed by atoms with Gasteiger partial charge in [-0.25, -0.2) is 0 Å². The van der Waals surface area contributed by atoms with Crippen molar-refractivity contribution in [1.82, 2.24) is 16.2 Å². The highest BCUT2D eigenvalue weighted by Crippen LogP contribution is 2.37. The minimum absolute atomic E-state index is 0.0741. The fourth-order valence-corrected chi connectivity index (χ4v) is 3.61. The maximum Gasteiger partial charge on any atom is 0.416 e. The summed E-state index contributed by atoms with van der Waals surface area (Å²) in [6, 6.07) is 14.8. The zero-order valence-electron chi connectivity index (χ0n) is 18.0. The molecular weight excluding hydrogens is 474 g/mol. The lowest BCUT2D eigenvalue weighted by Crippen LogP contribution is -2.49. The molecule has 0 fully saturated rings. The van der Waals surface area contributed by atoms with Gasteiger partial charge in [-0.1, -0.05) is 36.4 Å². The van der Waals surface area contributed by atoms with Crippen molar-refractivity contribution in [3.05, 3.63) is 99.4 Å². The van der Waals surface area contributed by atoms with E-state index < -0.39 is 23.5 Å². The van der Waals surface area contributed by atoms with E-state index in [4.69, 9.17) is 0 Å². The minimum Gasteiger partial charge on any atom is -0.355 e. The number of nitrogens with one attached hydrogen (secondary N) is 4. The second kappa shape index (κ2) is 8.90. The molecule has 3 aromatic carbocycles. The molecule has 0 radical (unpaired) electrons. The van der Waals surface area contributed by atoms with Gasteiger partial charge in [0.1, 0.15) is 5.82 Å².